The Morgan fingerprint density at radius 2 is 2.44 bits per heavy atom. The number of hydrogen-bond donors (Lipinski definition) is 2. The van der Waals surface area contributed by atoms with Crippen molar-refractivity contribution in [1.82, 2.24) is 10.6 Å². The quantitative estimate of drug-likeness (QED) is 0.732. The van der Waals surface area contributed by atoms with Crippen LogP contribution in [-0.4, -0.2) is 52.3 Å². The van der Waals surface area contributed by atoms with Crippen LogP contribution in [0.4, 0.5) is 0 Å². The molecule has 1 aliphatic heterocycles. The van der Waals surface area contributed by atoms with Gasteiger partial charge in [0.05, 0.1) is 0 Å². The lowest BCUT2D eigenvalue weighted by atomic mass is 10.2. The minimum Gasteiger partial charge on any atom is -0.353 e. The van der Waals surface area contributed by atoms with E-state index in [-0.39, 0.29) is 18.0 Å². The van der Waals surface area contributed by atoms with Gasteiger partial charge >= 0.3 is 0 Å². The van der Waals surface area contributed by atoms with E-state index in [1.165, 1.54) is 0 Å². The van der Waals surface area contributed by atoms with Crippen molar-refractivity contribution in [2.75, 3.05) is 30.1 Å². The van der Waals surface area contributed by atoms with Crippen LogP contribution in [0.1, 0.15) is 13.3 Å². The Balaban J connectivity index is 2.21. The second kappa shape index (κ2) is 7.29. The first-order valence-electron chi connectivity index (χ1n) is 5.48. The van der Waals surface area contributed by atoms with E-state index in [0.29, 0.717) is 12.2 Å². The molecule has 2 N–H and O–H groups in total. The van der Waals surface area contributed by atoms with Crippen LogP contribution >= 0.6 is 11.8 Å². The Morgan fingerprint density at radius 3 is 3.00 bits per heavy atom. The van der Waals surface area contributed by atoms with Gasteiger partial charge in [-0.05, 0) is 6.92 Å². The van der Waals surface area contributed by atoms with Crippen molar-refractivity contribution in [2.24, 2.45) is 0 Å². The van der Waals surface area contributed by atoms with E-state index in [1.54, 1.807) is 6.26 Å². The highest BCUT2D eigenvalue weighted by molar-refractivity contribution is 7.99. The number of amides is 1. The van der Waals surface area contributed by atoms with Gasteiger partial charge in [-0.25, -0.2) is 0 Å². The van der Waals surface area contributed by atoms with Gasteiger partial charge in [0.25, 0.3) is 0 Å². The topological polar surface area (TPSA) is 58.2 Å². The van der Waals surface area contributed by atoms with Crippen LogP contribution in [0.5, 0.6) is 0 Å². The second-order valence-corrected chi connectivity index (χ2v) is 6.77. The summed E-state index contributed by atoms with van der Waals surface area (Å²) in [5.41, 5.74) is 0. The molecule has 4 nitrogen and oxygen atoms in total. The third kappa shape index (κ3) is 5.86. The van der Waals surface area contributed by atoms with E-state index < -0.39 is 10.8 Å². The molecular weight excluding hydrogens is 244 g/mol. The molecule has 1 aliphatic rings. The van der Waals surface area contributed by atoms with Gasteiger partial charge in [-0.2, -0.15) is 11.8 Å². The summed E-state index contributed by atoms with van der Waals surface area (Å²) in [6.07, 6.45) is 2.18. The third-order valence-corrected chi connectivity index (χ3v) is 4.42. The number of carbonyl (C=O) groups excluding carboxylic acids is 1. The van der Waals surface area contributed by atoms with E-state index >= 15 is 0 Å². The van der Waals surface area contributed by atoms with Gasteiger partial charge in [0, 0.05) is 59.4 Å². The zero-order chi connectivity index (χ0) is 12.0. The lowest BCUT2D eigenvalue weighted by molar-refractivity contribution is -0.121. The summed E-state index contributed by atoms with van der Waals surface area (Å²) in [5, 5.41) is 6.20. The summed E-state index contributed by atoms with van der Waals surface area (Å²) in [6, 6.07) is 0.285. The highest BCUT2D eigenvalue weighted by Gasteiger charge is 2.17. The highest BCUT2D eigenvalue weighted by atomic mass is 32.2. The molecule has 0 aliphatic carbocycles. The molecule has 1 amide bonds. The molecule has 1 saturated heterocycles. The Kier molecular flexibility index (Phi) is 6.38. The van der Waals surface area contributed by atoms with Crippen molar-refractivity contribution >= 4 is 28.5 Å². The lowest BCUT2D eigenvalue weighted by Gasteiger charge is -2.23. The summed E-state index contributed by atoms with van der Waals surface area (Å²) in [4.78, 5) is 11.6. The molecule has 0 saturated carbocycles. The number of thioether (sulfide) groups is 1. The molecule has 0 bridgehead atoms. The maximum absolute atomic E-state index is 11.6. The first-order valence-corrected chi connectivity index (χ1v) is 8.36. The van der Waals surface area contributed by atoms with Crippen LogP contribution < -0.4 is 10.6 Å². The minimum atomic E-state index is -0.853. The number of carbonyl (C=O) groups is 1. The van der Waals surface area contributed by atoms with Crippen molar-refractivity contribution in [2.45, 2.75) is 25.4 Å². The van der Waals surface area contributed by atoms with Crippen molar-refractivity contribution in [1.29, 1.82) is 0 Å². The zero-order valence-corrected chi connectivity index (χ0v) is 11.5. The number of nitrogens with one attached hydrogen (secondary N) is 2. The third-order valence-electron chi connectivity index (χ3n) is 2.32. The monoisotopic (exact) mass is 264 g/mol. The summed E-state index contributed by atoms with van der Waals surface area (Å²) in [5.74, 6) is 2.71. The Hall–Kier alpha value is -0.0700. The molecule has 1 fully saturated rings. The summed E-state index contributed by atoms with van der Waals surface area (Å²) >= 11 is 1.88. The Morgan fingerprint density at radius 1 is 1.69 bits per heavy atom. The normalized spacial score (nSPS) is 24.8. The molecule has 1 rings (SSSR count). The number of hydrogen-bond acceptors (Lipinski definition) is 4. The molecule has 0 radical (unpaired) electrons. The average molecular weight is 264 g/mol. The molecule has 0 aromatic carbocycles. The second-order valence-electron chi connectivity index (χ2n) is 4.14. The Labute approximate surface area is 104 Å². The van der Waals surface area contributed by atoms with Gasteiger partial charge in [0.1, 0.15) is 0 Å². The summed E-state index contributed by atoms with van der Waals surface area (Å²) in [6.45, 7) is 2.87. The Bertz CT molecular complexity index is 255. The molecule has 94 valence electrons. The van der Waals surface area contributed by atoms with Gasteiger partial charge < -0.3 is 10.6 Å². The van der Waals surface area contributed by atoms with E-state index in [0.717, 1.165) is 18.1 Å². The van der Waals surface area contributed by atoms with Crippen LogP contribution in [-0.2, 0) is 15.6 Å². The fraction of sp³-hybridized carbons (Fsp3) is 0.900. The first kappa shape index (κ1) is 14.0. The van der Waals surface area contributed by atoms with E-state index in [4.69, 9.17) is 0 Å². The SMILES string of the molecule is CC(CS(C)=O)NC(=O)CC1CSCCN1. The summed E-state index contributed by atoms with van der Waals surface area (Å²) in [7, 11) is -0.853. The van der Waals surface area contributed by atoms with Crippen molar-refractivity contribution < 1.29 is 9.00 Å². The standard InChI is InChI=1S/C10H20N2O2S2/c1-8(7-16(2)14)12-10(13)5-9-6-15-4-3-11-9/h8-9,11H,3-7H2,1-2H3,(H,12,13). The molecule has 16 heavy (non-hydrogen) atoms. The molecule has 0 aromatic rings. The highest BCUT2D eigenvalue weighted by Crippen LogP contribution is 2.10. The molecule has 3 atom stereocenters. The molecular formula is C10H20N2O2S2. The maximum atomic E-state index is 11.6. The summed E-state index contributed by atoms with van der Waals surface area (Å²) < 4.78 is 11.0. The molecule has 3 unspecified atom stereocenters. The molecule has 0 spiro atoms. The largest absolute Gasteiger partial charge is 0.353 e. The maximum Gasteiger partial charge on any atom is 0.221 e. The smallest absolute Gasteiger partial charge is 0.221 e. The lowest BCUT2D eigenvalue weighted by Crippen LogP contribution is -2.44. The van der Waals surface area contributed by atoms with E-state index in [9.17, 15) is 9.00 Å². The minimum absolute atomic E-state index is 0.00502. The van der Waals surface area contributed by atoms with Gasteiger partial charge in [0.15, 0.2) is 0 Å². The predicted octanol–water partition coefficient (Wildman–Crippen LogP) is -0.0353. The van der Waals surface area contributed by atoms with Gasteiger partial charge in [-0.3, -0.25) is 9.00 Å². The number of rotatable bonds is 5. The van der Waals surface area contributed by atoms with Crippen molar-refractivity contribution in [3.8, 4) is 0 Å². The van der Waals surface area contributed by atoms with Crippen LogP contribution in [0.15, 0.2) is 0 Å². The molecule has 6 heteroatoms. The van der Waals surface area contributed by atoms with Crippen LogP contribution in [0, 0.1) is 0 Å². The fourth-order valence-electron chi connectivity index (χ4n) is 1.70. The van der Waals surface area contributed by atoms with Crippen molar-refractivity contribution in [3.63, 3.8) is 0 Å². The first-order chi connectivity index (χ1) is 7.58. The average Bonchev–Trinajstić information content (AvgIpc) is 2.17. The van der Waals surface area contributed by atoms with Crippen LogP contribution in [0.2, 0.25) is 0 Å². The fourth-order valence-corrected chi connectivity index (χ4v) is 3.44. The van der Waals surface area contributed by atoms with Crippen LogP contribution in [0.25, 0.3) is 0 Å². The molecule has 0 aromatic heterocycles. The van der Waals surface area contributed by atoms with Gasteiger partial charge in [-0.1, -0.05) is 0 Å². The predicted molar refractivity (Wildman–Crippen MR) is 70.3 cm³/mol. The van der Waals surface area contributed by atoms with Crippen molar-refractivity contribution in [3.05, 3.63) is 0 Å². The molecule has 1 heterocycles. The van der Waals surface area contributed by atoms with E-state index in [1.807, 2.05) is 18.7 Å². The zero-order valence-electron chi connectivity index (χ0n) is 9.82. The van der Waals surface area contributed by atoms with Gasteiger partial charge in [0.2, 0.25) is 5.91 Å². The van der Waals surface area contributed by atoms with Crippen LogP contribution in [0.3, 0.4) is 0 Å². The van der Waals surface area contributed by atoms with Gasteiger partial charge in [-0.15, -0.1) is 0 Å². The van der Waals surface area contributed by atoms with E-state index in [2.05, 4.69) is 10.6 Å².